The van der Waals surface area contributed by atoms with E-state index in [0.717, 1.165) is 18.7 Å². The zero-order valence-electron chi connectivity index (χ0n) is 21.2. The van der Waals surface area contributed by atoms with Gasteiger partial charge in [-0.3, -0.25) is 0 Å². The molecule has 0 saturated heterocycles. The minimum atomic E-state index is 0.578. The summed E-state index contributed by atoms with van der Waals surface area (Å²) >= 11 is 0. The van der Waals surface area contributed by atoms with E-state index in [4.69, 9.17) is 4.74 Å². The van der Waals surface area contributed by atoms with Crippen LogP contribution in [0.2, 0.25) is 0 Å². The maximum Gasteiger partial charge on any atom is 0.119 e. The number of ether oxygens (including phenoxy) is 1. The van der Waals surface area contributed by atoms with Crippen LogP contribution in [0.25, 0.3) is 22.4 Å². The molecule has 1 aromatic heterocycles. The summed E-state index contributed by atoms with van der Waals surface area (Å²) in [6.45, 7) is 5.82. The van der Waals surface area contributed by atoms with Crippen LogP contribution in [0.5, 0.6) is 5.75 Å². The predicted molar refractivity (Wildman–Crippen MR) is 150 cm³/mol. The van der Waals surface area contributed by atoms with Crippen LogP contribution >= 0.6 is 0 Å². The average Bonchev–Trinajstić information content (AvgIpc) is 3.29. The Morgan fingerprint density at radius 3 is 1.83 bits per heavy atom. The Hall–Kier alpha value is -4.04. The monoisotopic (exact) mass is 471 g/mol. The summed E-state index contributed by atoms with van der Waals surface area (Å²) in [5.74, 6) is 0.885. The Morgan fingerprint density at radius 2 is 1.19 bits per heavy atom. The first kappa shape index (κ1) is 23.7. The number of aryl methyl sites for hydroxylation is 2. The highest BCUT2D eigenvalue weighted by Gasteiger charge is 2.09. The standard InChI is InChI=1S/C34H33NO/c1-3-7-27-11-15-30(16-12-27)31-17-13-28(14-18-31)24-35-26(2)10-23-34(35)32-19-21-33(22-20-32)36-25-29-8-5-4-6-9-29/h4-6,8-23H,3,7,24-25H2,1-2H3. The summed E-state index contributed by atoms with van der Waals surface area (Å²) in [4.78, 5) is 0. The van der Waals surface area contributed by atoms with Gasteiger partial charge >= 0.3 is 0 Å². The van der Waals surface area contributed by atoms with Gasteiger partial charge in [0.2, 0.25) is 0 Å². The van der Waals surface area contributed by atoms with Gasteiger partial charge in [-0.05, 0) is 83.1 Å². The van der Waals surface area contributed by atoms with Crippen molar-refractivity contribution in [2.45, 2.75) is 39.8 Å². The second kappa shape index (κ2) is 11.1. The highest BCUT2D eigenvalue weighted by atomic mass is 16.5. The maximum atomic E-state index is 5.97. The quantitative estimate of drug-likeness (QED) is 0.210. The molecule has 2 nitrogen and oxygen atoms in total. The van der Waals surface area contributed by atoms with E-state index in [1.54, 1.807) is 0 Å². The molecule has 0 spiro atoms. The Bertz CT molecular complexity index is 1380. The van der Waals surface area contributed by atoms with E-state index in [0.29, 0.717) is 6.61 Å². The second-order valence-electron chi connectivity index (χ2n) is 9.39. The van der Waals surface area contributed by atoms with E-state index in [-0.39, 0.29) is 0 Å². The molecule has 0 aliphatic rings. The molecule has 0 aliphatic heterocycles. The first-order valence-electron chi connectivity index (χ1n) is 12.8. The number of benzene rings is 4. The molecule has 4 aromatic carbocycles. The molecule has 0 N–H and O–H groups in total. The number of rotatable bonds is 9. The summed E-state index contributed by atoms with van der Waals surface area (Å²) < 4.78 is 8.36. The molecule has 5 rings (SSSR count). The Balaban J connectivity index is 1.28. The molecule has 0 saturated carbocycles. The van der Waals surface area contributed by atoms with Gasteiger partial charge in [-0.2, -0.15) is 0 Å². The van der Waals surface area contributed by atoms with Crippen molar-refractivity contribution in [1.29, 1.82) is 0 Å². The molecule has 0 amide bonds. The van der Waals surface area contributed by atoms with E-state index in [1.807, 2.05) is 18.2 Å². The van der Waals surface area contributed by atoms with Crippen molar-refractivity contribution < 1.29 is 4.74 Å². The predicted octanol–water partition coefficient (Wildman–Crippen LogP) is 8.71. The fourth-order valence-electron chi connectivity index (χ4n) is 4.63. The maximum absolute atomic E-state index is 5.97. The van der Waals surface area contributed by atoms with Crippen LogP contribution in [0.1, 0.15) is 35.7 Å². The van der Waals surface area contributed by atoms with Crippen molar-refractivity contribution in [3.8, 4) is 28.1 Å². The summed E-state index contributed by atoms with van der Waals surface area (Å²) in [6, 6.07) is 41.0. The van der Waals surface area contributed by atoms with Gasteiger partial charge in [0.1, 0.15) is 12.4 Å². The van der Waals surface area contributed by atoms with Crippen LogP contribution in [0.15, 0.2) is 115 Å². The van der Waals surface area contributed by atoms with Crippen LogP contribution in [-0.4, -0.2) is 4.57 Å². The van der Waals surface area contributed by atoms with Crippen molar-refractivity contribution >= 4 is 0 Å². The topological polar surface area (TPSA) is 14.2 Å². The van der Waals surface area contributed by atoms with Crippen LogP contribution < -0.4 is 4.74 Å². The average molecular weight is 472 g/mol. The third kappa shape index (κ3) is 5.60. The van der Waals surface area contributed by atoms with Crippen LogP contribution in [-0.2, 0) is 19.6 Å². The molecule has 1 heterocycles. The zero-order chi connectivity index (χ0) is 24.7. The van der Waals surface area contributed by atoms with Gasteiger partial charge in [-0.25, -0.2) is 0 Å². The highest BCUT2D eigenvalue weighted by molar-refractivity contribution is 5.64. The van der Waals surface area contributed by atoms with Crippen LogP contribution in [0, 0.1) is 6.92 Å². The van der Waals surface area contributed by atoms with Gasteiger partial charge in [-0.1, -0.05) is 92.2 Å². The Labute approximate surface area is 214 Å². The number of hydrogen-bond acceptors (Lipinski definition) is 1. The van der Waals surface area contributed by atoms with Crippen molar-refractivity contribution in [1.82, 2.24) is 4.57 Å². The van der Waals surface area contributed by atoms with E-state index >= 15 is 0 Å². The van der Waals surface area contributed by atoms with Crippen molar-refractivity contribution in [3.63, 3.8) is 0 Å². The Morgan fingerprint density at radius 1 is 0.583 bits per heavy atom. The summed E-state index contributed by atoms with van der Waals surface area (Å²) in [7, 11) is 0. The largest absolute Gasteiger partial charge is 0.489 e. The molecule has 0 radical (unpaired) electrons. The van der Waals surface area contributed by atoms with Gasteiger partial charge in [-0.15, -0.1) is 0 Å². The molecule has 0 atom stereocenters. The number of nitrogens with zero attached hydrogens (tertiary/aromatic N) is 1. The number of hydrogen-bond donors (Lipinski definition) is 0. The molecular weight excluding hydrogens is 438 g/mol. The molecular formula is C34H33NO. The van der Waals surface area contributed by atoms with E-state index in [9.17, 15) is 0 Å². The first-order valence-corrected chi connectivity index (χ1v) is 12.8. The van der Waals surface area contributed by atoms with Gasteiger partial charge < -0.3 is 9.30 Å². The third-order valence-electron chi connectivity index (χ3n) is 6.72. The summed E-state index contributed by atoms with van der Waals surface area (Å²) in [5.41, 5.74) is 10.1. The van der Waals surface area contributed by atoms with Crippen molar-refractivity contribution in [2.75, 3.05) is 0 Å². The second-order valence-corrected chi connectivity index (χ2v) is 9.39. The van der Waals surface area contributed by atoms with Gasteiger partial charge in [0.05, 0.1) is 0 Å². The minimum absolute atomic E-state index is 0.578. The molecule has 5 aromatic rings. The lowest BCUT2D eigenvalue weighted by Gasteiger charge is -2.14. The lowest BCUT2D eigenvalue weighted by atomic mass is 10.0. The summed E-state index contributed by atoms with van der Waals surface area (Å²) in [6.07, 6.45) is 2.32. The van der Waals surface area contributed by atoms with Gasteiger partial charge in [0.25, 0.3) is 0 Å². The van der Waals surface area contributed by atoms with Gasteiger partial charge in [0.15, 0.2) is 0 Å². The minimum Gasteiger partial charge on any atom is -0.489 e. The van der Waals surface area contributed by atoms with Crippen molar-refractivity contribution in [3.05, 3.63) is 138 Å². The van der Waals surface area contributed by atoms with E-state index in [2.05, 4.69) is 115 Å². The molecule has 180 valence electrons. The molecule has 0 bridgehead atoms. The summed E-state index contributed by atoms with van der Waals surface area (Å²) in [5, 5.41) is 0. The van der Waals surface area contributed by atoms with Gasteiger partial charge in [0, 0.05) is 17.9 Å². The SMILES string of the molecule is CCCc1ccc(-c2ccc(Cn3c(C)ccc3-c3ccc(OCc4ccccc4)cc3)cc2)cc1. The third-order valence-corrected chi connectivity index (χ3v) is 6.72. The molecule has 36 heavy (non-hydrogen) atoms. The van der Waals surface area contributed by atoms with Crippen LogP contribution in [0.4, 0.5) is 0 Å². The fourth-order valence-corrected chi connectivity index (χ4v) is 4.63. The van der Waals surface area contributed by atoms with E-state index < -0.39 is 0 Å². The number of aromatic nitrogens is 1. The smallest absolute Gasteiger partial charge is 0.119 e. The highest BCUT2D eigenvalue weighted by Crippen LogP contribution is 2.27. The lowest BCUT2D eigenvalue weighted by molar-refractivity contribution is 0.306. The fraction of sp³-hybridized carbons (Fsp3) is 0.176. The Kier molecular flexibility index (Phi) is 7.33. The lowest BCUT2D eigenvalue weighted by Crippen LogP contribution is -2.03. The molecule has 0 aliphatic carbocycles. The first-order chi connectivity index (χ1) is 17.7. The molecule has 0 fully saturated rings. The molecule has 2 heteroatoms. The van der Waals surface area contributed by atoms with Crippen LogP contribution in [0.3, 0.4) is 0 Å². The normalized spacial score (nSPS) is 10.9. The van der Waals surface area contributed by atoms with Crippen molar-refractivity contribution in [2.24, 2.45) is 0 Å². The van der Waals surface area contributed by atoms with E-state index in [1.165, 1.54) is 51.2 Å². The molecule has 0 unspecified atom stereocenters. The zero-order valence-corrected chi connectivity index (χ0v) is 21.2.